The number of benzene rings is 1. The van der Waals surface area contributed by atoms with E-state index in [0.29, 0.717) is 11.1 Å². The number of aliphatic hydroxyl groups excluding tert-OH is 3. The summed E-state index contributed by atoms with van der Waals surface area (Å²) in [4.78, 5) is 41.1. The number of nitrogens with two attached hydrogens (primary N) is 1. The van der Waals surface area contributed by atoms with Crippen LogP contribution in [0.2, 0.25) is 0 Å². The molecule has 2 fully saturated rings. The van der Waals surface area contributed by atoms with E-state index >= 15 is 0 Å². The van der Waals surface area contributed by atoms with Gasteiger partial charge in [-0.25, -0.2) is 0 Å². The number of aliphatic hydroxyl groups is 4. The van der Waals surface area contributed by atoms with Crippen molar-refractivity contribution in [2.45, 2.75) is 64.4 Å². The molecule has 0 aliphatic heterocycles. The highest BCUT2D eigenvalue weighted by atomic mass is 32.1. The topological polar surface area (TPSA) is 178 Å². The molecule has 0 saturated heterocycles. The monoisotopic (exact) mass is 557 g/mol. The zero-order valence-electron chi connectivity index (χ0n) is 22.5. The van der Waals surface area contributed by atoms with Crippen molar-refractivity contribution in [3.8, 4) is 16.2 Å². The molecule has 3 aliphatic carbocycles. The molecule has 0 spiro atoms. The summed E-state index contributed by atoms with van der Waals surface area (Å²) in [6, 6.07) is 7.03. The second-order valence-electron chi connectivity index (χ2n) is 12.2. The standard InChI is InChI=1S/C29H35NO8S/c1-11(2)18-22(33)17(25(30)36)23(34)29(38)24(35)19-21(32)16-13(12(3)27(19,4)26(37)28(18,29)5)8-9-14(20(16)31)15-7-6-10-39-15/h6-12,17-19,22,24,26,31,33,35,37-38H,1-5H3,(H2,30,36)/t12-,17-,18+,19-,22?,24?,26-,27+,28+,29+/m1/s1. The average Bonchev–Trinajstić information content (AvgIpc) is 3.38. The maximum absolute atomic E-state index is 14.2. The molecule has 2 aromatic rings. The van der Waals surface area contributed by atoms with Crippen molar-refractivity contribution in [3.05, 3.63) is 40.8 Å². The van der Waals surface area contributed by atoms with Crippen molar-refractivity contribution < 1.29 is 39.9 Å². The van der Waals surface area contributed by atoms with Crippen LogP contribution in [-0.2, 0) is 9.59 Å². The van der Waals surface area contributed by atoms with Gasteiger partial charge in [0, 0.05) is 21.3 Å². The fraction of sp³-hybridized carbons (Fsp3) is 0.552. The van der Waals surface area contributed by atoms with Gasteiger partial charge < -0.3 is 31.3 Å². The summed E-state index contributed by atoms with van der Waals surface area (Å²) >= 11 is 1.37. The van der Waals surface area contributed by atoms with Gasteiger partial charge in [0.15, 0.2) is 17.2 Å². The average molecular weight is 558 g/mol. The fourth-order valence-electron chi connectivity index (χ4n) is 8.39. The second-order valence-corrected chi connectivity index (χ2v) is 13.2. The van der Waals surface area contributed by atoms with Crippen molar-refractivity contribution in [1.82, 2.24) is 0 Å². The Kier molecular flexibility index (Phi) is 6.22. The molecule has 1 aromatic carbocycles. The zero-order valence-corrected chi connectivity index (χ0v) is 23.3. The van der Waals surface area contributed by atoms with Gasteiger partial charge in [0.05, 0.1) is 23.7 Å². The zero-order chi connectivity index (χ0) is 29.0. The molecule has 210 valence electrons. The molecule has 5 rings (SSSR count). The minimum atomic E-state index is -2.79. The lowest BCUT2D eigenvalue weighted by Crippen LogP contribution is -2.83. The lowest BCUT2D eigenvalue weighted by Gasteiger charge is -2.69. The van der Waals surface area contributed by atoms with E-state index in [1.807, 2.05) is 5.38 Å². The first-order valence-electron chi connectivity index (χ1n) is 13.1. The van der Waals surface area contributed by atoms with Crippen LogP contribution in [0.5, 0.6) is 5.75 Å². The third kappa shape index (κ3) is 3.12. The van der Waals surface area contributed by atoms with E-state index in [2.05, 4.69) is 0 Å². The summed E-state index contributed by atoms with van der Waals surface area (Å²) in [6.07, 6.45) is -5.28. The van der Waals surface area contributed by atoms with Gasteiger partial charge in [-0.05, 0) is 40.8 Å². The van der Waals surface area contributed by atoms with Gasteiger partial charge in [-0.15, -0.1) is 11.3 Å². The number of ketones is 2. The number of carbonyl (C=O) groups excluding carboxylic acids is 3. The predicted molar refractivity (Wildman–Crippen MR) is 143 cm³/mol. The van der Waals surface area contributed by atoms with E-state index in [0.717, 1.165) is 4.88 Å². The number of primary amides is 1. The Labute approximate surface area is 230 Å². The fourth-order valence-corrected chi connectivity index (χ4v) is 9.14. The Bertz CT molecular complexity index is 1370. The van der Waals surface area contributed by atoms with Gasteiger partial charge in [-0.1, -0.05) is 46.8 Å². The van der Waals surface area contributed by atoms with E-state index in [-0.39, 0.29) is 11.3 Å². The van der Waals surface area contributed by atoms with Crippen LogP contribution >= 0.6 is 11.3 Å². The summed E-state index contributed by atoms with van der Waals surface area (Å²) in [5.41, 5.74) is 0.270. The minimum absolute atomic E-state index is 0.0375. The van der Waals surface area contributed by atoms with Crippen LogP contribution in [0.3, 0.4) is 0 Å². The Morgan fingerprint density at radius 3 is 2.28 bits per heavy atom. The van der Waals surface area contributed by atoms with Crippen LogP contribution in [-0.4, -0.2) is 66.9 Å². The third-order valence-corrected chi connectivity index (χ3v) is 11.3. The van der Waals surface area contributed by atoms with E-state index in [1.54, 1.807) is 52.0 Å². The van der Waals surface area contributed by atoms with Gasteiger partial charge in [0.2, 0.25) is 5.91 Å². The smallest absolute Gasteiger partial charge is 0.230 e. The van der Waals surface area contributed by atoms with E-state index in [4.69, 9.17) is 5.73 Å². The molecule has 9 nitrogen and oxygen atoms in total. The Balaban J connectivity index is 1.78. The van der Waals surface area contributed by atoms with Gasteiger partial charge in [-0.3, -0.25) is 14.4 Å². The van der Waals surface area contributed by atoms with Gasteiger partial charge in [0.25, 0.3) is 0 Å². The number of fused-ring (bicyclic) bond motifs is 3. The maximum Gasteiger partial charge on any atom is 0.230 e. The van der Waals surface area contributed by atoms with Crippen LogP contribution in [0, 0.1) is 34.5 Å². The van der Waals surface area contributed by atoms with E-state index < -0.39 is 81.8 Å². The third-order valence-electron chi connectivity index (χ3n) is 10.4. The van der Waals surface area contributed by atoms with Crippen LogP contribution in [0.15, 0.2) is 29.6 Å². The first-order valence-corrected chi connectivity index (χ1v) is 14.0. The number of amides is 1. The molecule has 2 unspecified atom stereocenters. The van der Waals surface area contributed by atoms with Crippen molar-refractivity contribution in [2.24, 2.45) is 40.2 Å². The molecule has 3 aliphatic rings. The highest BCUT2D eigenvalue weighted by Gasteiger charge is 2.80. The molecule has 7 N–H and O–H groups in total. The maximum atomic E-state index is 14.2. The van der Waals surface area contributed by atoms with Crippen molar-refractivity contribution in [3.63, 3.8) is 0 Å². The summed E-state index contributed by atoms with van der Waals surface area (Å²) in [5.74, 6) is -8.89. The number of phenols is 1. The van der Waals surface area contributed by atoms with Crippen LogP contribution in [0.4, 0.5) is 0 Å². The molecule has 0 radical (unpaired) electrons. The molecule has 1 heterocycles. The SMILES string of the molecule is CC(C)[C@H]1C(O)[C@@H](C(N)=O)C(=O)[C@]2(O)C(O)[C@H]3C(=O)c4c(ccc(-c5cccs5)c4O)[C@@H](C)[C@]3(C)[C@@H](O)[C@]12C. The van der Waals surface area contributed by atoms with Crippen molar-refractivity contribution >= 4 is 28.8 Å². The number of aromatic hydroxyl groups is 1. The van der Waals surface area contributed by atoms with Gasteiger partial charge >= 0.3 is 0 Å². The molecule has 39 heavy (non-hydrogen) atoms. The minimum Gasteiger partial charge on any atom is -0.506 e. The van der Waals surface area contributed by atoms with Crippen LogP contribution in [0.25, 0.3) is 10.4 Å². The van der Waals surface area contributed by atoms with E-state index in [9.17, 15) is 39.9 Å². The Morgan fingerprint density at radius 1 is 1.10 bits per heavy atom. The molecular formula is C29H35NO8S. The number of hydrogen-bond donors (Lipinski definition) is 6. The lowest BCUT2D eigenvalue weighted by molar-refractivity contribution is -0.306. The van der Waals surface area contributed by atoms with Crippen LogP contribution in [0.1, 0.15) is 56.5 Å². The Morgan fingerprint density at radius 2 is 1.74 bits per heavy atom. The first-order chi connectivity index (χ1) is 18.1. The summed E-state index contributed by atoms with van der Waals surface area (Å²) in [7, 11) is 0. The highest BCUT2D eigenvalue weighted by molar-refractivity contribution is 7.13. The van der Waals surface area contributed by atoms with Gasteiger partial charge in [0.1, 0.15) is 17.8 Å². The number of thiophene rings is 1. The molecule has 2 saturated carbocycles. The molecule has 0 bridgehead atoms. The number of hydrogen-bond acceptors (Lipinski definition) is 9. The summed E-state index contributed by atoms with van der Waals surface area (Å²) in [5, 5.41) is 60.7. The summed E-state index contributed by atoms with van der Waals surface area (Å²) < 4.78 is 0. The Hall–Kier alpha value is -2.63. The van der Waals surface area contributed by atoms with Crippen LogP contribution < -0.4 is 5.73 Å². The van der Waals surface area contributed by atoms with Crippen molar-refractivity contribution in [2.75, 3.05) is 0 Å². The largest absolute Gasteiger partial charge is 0.506 e. The summed E-state index contributed by atoms with van der Waals surface area (Å²) in [6.45, 7) is 8.26. The van der Waals surface area contributed by atoms with E-state index in [1.165, 1.54) is 18.3 Å². The molecule has 1 aromatic heterocycles. The second kappa shape index (κ2) is 8.68. The number of Topliss-reactive ketones (excluding diaryl/α,β-unsaturated/α-hetero) is 2. The molecule has 1 amide bonds. The number of rotatable bonds is 3. The molecular weight excluding hydrogens is 522 g/mol. The quantitative estimate of drug-likeness (QED) is 0.309. The van der Waals surface area contributed by atoms with Gasteiger partial charge in [-0.2, -0.15) is 0 Å². The highest BCUT2D eigenvalue weighted by Crippen LogP contribution is 2.68. The molecule has 10 atom stereocenters. The number of phenolic OH excluding ortho intramolecular Hbond substituents is 1. The number of carbonyl (C=O) groups is 3. The molecule has 10 heteroatoms. The first kappa shape index (κ1) is 27.9. The lowest BCUT2D eigenvalue weighted by atomic mass is 9.36. The normalized spacial score (nSPS) is 41.6. The van der Waals surface area contributed by atoms with Crippen molar-refractivity contribution in [1.29, 1.82) is 0 Å². The predicted octanol–water partition coefficient (Wildman–Crippen LogP) is 1.83.